The summed E-state index contributed by atoms with van der Waals surface area (Å²) >= 11 is 0. The molecule has 17 heavy (non-hydrogen) atoms. The van der Waals surface area contributed by atoms with Gasteiger partial charge in [0.15, 0.2) is 0 Å². The van der Waals surface area contributed by atoms with E-state index < -0.39 is 0 Å². The van der Waals surface area contributed by atoms with Crippen molar-refractivity contribution >= 4 is 0 Å². The predicted molar refractivity (Wildman–Crippen MR) is 73.5 cm³/mol. The Labute approximate surface area is 119 Å². The van der Waals surface area contributed by atoms with Crippen molar-refractivity contribution in [2.24, 2.45) is 0 Å². The first-order valence-corrected chi connectivity index (χ1v) is 6.27. The van der Waals surface area contributed by atoms with Gasteiger partial charge in [-0.05, 0) is 59.0 Å². The molecule has 0 bridgehead atoms. The molecule has 96 valence electrons. The summed E-state index contributed by atoms with van der Waals surface area (Å²) in [6.45, 7) is 8.80. The van der Waals surface area contributed by atoms with Crippen molar-refractivity contribution in [3.63, 3.8) is 0 Å². The van der Waals surface area contributed by atoms with Crippen LogP contribution in [0.3, 0.4) is 0 Å². The first-order chi connectivity index (χ1) is 7.61. The summed E-state index contributed by atoms with van der Waals surface area (Å²) in [7, 11) is 0. The van der Waals surface area contributed by atoms with Gasteiger partial charge in [-0.3, -0.25) is 0 Å². The Morgan fingerprint density at radius 2 is 1.65 bits per heavy atom. The Balaban J connectivity index is 0.000000292. The molecule has 0 spiro atoms. The van der Waals surface area contributed by atoms with Gasteiger partial charge in [0.1, 0.15) is 0 Å². The maximum Gasteiger partial charge on any atom is 0 e. The van der Waals surface area contributed by atoms with Crippen LogP contribution in [0, 0.1) is 0 Å². The summed E-state index contributed by atoms with van der Waals surface area (Å²) < 4.78 is 0. The van der Waals surface area contributed by atoms with Crippen molar-refractivity contribution in [3.05, 3.63) is 46.6 Å². The summed E-state index contributed by atoms with van der Waals surface area (Å²) in [5.74, 6) is 0. The van der Waals surface area contributed by atoms with Gasteiger partial charge in [-0.1, -0.05) is 41.0 Å². The van der Waals surface area contributed by atoms with E-state index in [9.17, 15) is 0 Å². The number of hydrogen-bond acceptors (Lipinski definition) is 0. The zero-order valence-corrected chi connectivity index (χ0v) is 13.2. The van der Waals surface area contributed by atoms with Crippen molar-refractivity contribution in [1.29, 1.82) is 0 Å². The Kier molecular flexibility index (Phi) is 8.43. The molecule has 0 aromatic carbocycles. The predicted octanol–water partition coefficient (Wildman–Crippen LogP) is 5.34. The molecule has 0 saturated heterocycles. The van der Waals surface area contributed by atoms with Crippen LogP contribution in [0.25, 0.3) is 0 Å². The standard InChI is InChI=1S/C9H14.C7H10.Ru/c1-7-5-4-6-8(2)9(7)3;1-7-5-3-2-4-6-7;/h5H,4,6H2,1-3H3;2-3,5H,4,6H2,1H3;. The van der Waals surface area contributed by atoms with Gasteiger partial charge in [-0.25, -0.2) is 0 Å². The van der Waals surface area contributed by atoms with Gasteiger partial charge in [0.2, 0.25) is 0 Å². The molecule has 2 aliphatic rings. The van der Waals surface area contributed by atoms with Crippen LogP contribution in [0.4, 0.5) is 0 Å². The third-order valence-electron chi connectivity index (χ3n) is 3.42. The molecule has 0 nitrogen and oxygen atoms in total. The Hall–Kier alpha value is -0.417. The molecule has 0 aromatic heterocycles. The molecule has 0 N–H and O–H groups in total. The minimum atomic E-state index is 0. The van der Waals surface area contributed by atoms with Gasteiger partial charge in [-0.15, -0.1) is 0 Å². The van der Waals surface area contributed by atoms with Crippen molar-refractivity contribution < 1.29 is 19.5 Å². The number of allylic oxidation sites excluding steroid dienone is 8. The van der Waals surface area contributed by atoms with Gasteiger partial charge < -0.3 is 0 Å². The van der Waals surface area contributed by atoms with Gasteiger partial charge in [-0.2, -0.15) is 0 Å². The quantitative estimate of drug-likeness (QED) is 0.529. The van der Waals surface area contributed by atoms with E-state index >= 15 is 0 Å². The van der Waals surface area contributed by atoms with E-state index in [1.54, 1.807) is 5.57 Å². The summed E-state index contributed by atoms with van der Waals surface area (Å²) in [4.78, 5) is 0. The van der Waals surface area contributed by atoms with Crippen LogP contribution in [-0.2, 0) is 19.5 Å². The fourth-order valence-corrected chi connectivity index (χ4v) is 1.91. The van der Waals surface area contributed by atoms with Gasteiger partial charge in [0.25, 0.3) is 0 Å². The van der Waals surface area contributed by atoms with Crippen molar-refractivity contribution in [2.75, 3.05) is 0 Å². The van der Waals surface area contributed by atoms with Gasteiger partial charge in [0, 0.05) is 19.5 Å². The molecular weight excluding hydrogens is 293 g/mol. The van der Waals surface area contributed by atoms with E-state index in [0.29, 0.717) is 0 Å². The fraction of sp³-hybridized carbons (Fsp3) is 0.500. The van der Waals surface area contributed by atoms with Crippen LogP contribution >= 0.6 is 0 Å². The zero-order chi connectivity index (χ0) is 12.0. The van der Waals surface area contributed by atoms with Crippen molar-refractivity contribution in [1.82, 2.24) is 0 Å². The van der Waals surface area contributed by atoms with Crippen LogP contribution in [0.15, 0.2) is 46.6 Å². The first kappa shape index (κ1) is 16.6. The van der Waals surface area contributed by atoms with E-state index in [1.165, 1.54) is 42.4 Å². The maximum atomic E-state index is 2.32. The Morgan fingerprint density at radius 3 is 2.00 bits per heavy atom. The number of rotatable bonds is 0. The average Bonchev–Trinajstić information content (AvgIpc) is 2.28. The second-order valence-corrected chi connectivity index (χ2v) is 4.81. The minimum absolute atomic E-state index is 0. The van der Waals surface area contributed by atoms with E-state index in [-0.39, 0.29) is 19.5 Å². The summed E-state index contributed by atoms with van der Waals surface area (Å²) in [5, 5.41) is 0. The smallest absolute Gasteiger partial charge is 0 e. The number of hydrogen-bond donors (Lipinski definition) is 0. The van der Waals surface area contributed by atoms with Crippen LogP contribution in [0.2, 0.25) is 0 Å². The second-order valence-electron chi connectivity index (χ2n) is 4.81. The third kappa shape index (κ3) is 6.17. The van der Waals surface area contributed by atoms with E-state index in [4.69, 9.17) is 0 Å². The van der Waals surface area contributed by atoms with Crippen LogP contribution in [-0.4, -0.2) is 0 Å². The van der Waals surface area contributed by atoms with Crippen molar-refractivity contribution in [2.45, 2.75) is 53.4 Å². The third-order valence-corrected chi connectivity index (χ3v) is 3.42. The molecule has 0 aliphatic heterocycles. The van der Waals surface area contributed by atoms with Crippen LogP contribution in [0.1, 0.15) is 53.4 Å². The average molecular weight is 317 g/mol. The minimum Gasteiger partial charge on any atom is -0.0842 e. The SMILES string of the molecule is CC1=CC=CCC1.CC1=CCCC(C)=C1C.[Ru]. The summed E-state index contributed by atoms with van der Waals surface area (Å²) in [6.07, 6.45) is 13.8. The first-order valence-electron chi connectivity index (χ1n) is 6.27. The molecule has 0 fully saturated rings. The van der Waals surface area contributed by atoms with E-state index in [1.807, 2.05) is 0 Å². The van der Waals surface area contributed by atoms with Gasteiger partial charge in [0.05, 0.1) is 0 Å². The van der Waals surface area contributed by atoms with E-state index in [2.05, 4.69) is 52.0 Å². The molecule has 2 aliphatic carbocycles. The topological polar surface area (TPSA) is 0 Å². The van der Waals surface area contributed by atoms with Crippen LogP contribution < -0.4 is 0 Å². The monoisotopic (exact) mass is 318 g/mol. The molecule has 2 rings (SSSR count). The molecule has 0 aromatic rings. The van der Waals surface area contributed by atoms with Gasteiger partial charge >= 0.3 is 0 Å². The van der Waals surface area contributed by atoms with E-state index in [0.717, 1.165) is 0 Å². The van der Waals surface area contributed by atoms with Crippen LogP contribution in [0.5, 0.6) is 0 Å². The Morgan fingerprint density at radius 1 is 0.941 bits per heavy atom. The maximum absolute atomic E-state index is 2.32. The largest absolute Gasteiger partial charge is 0.0842 e. The molecular formula is C16H24Ru. The van der Waals surface area contributed by atoms with Crippen molar-refractivity contribution in [3.8, 4) is 0 Å². The molecule has 0 saturated carbocycles. The molecule has 0 atom stereocenters. The normalized spacial score (nSPS) is 18.6. The molecule has 0 heterocycles. The molecule has 0 unspecified atom stereocenters. The molecule has 0 amide bonds. The molecule has 0 radical (unpaired) electrons. The molecule has 1 heteroatoms. The fourth-order valence-electron chi connectivity index (χ4n) is 1.91. The Bertz CT molecular complexity index is 354. The summed E-state index contributed by atoms with van der Waals surface area (Å²) in [6, 6.07) is 0. The second kappa shape index (κ2) is 8.64. The summed E-state index contributed by atoms with van der Waals surface area (Å²) in [5.41, 5.74) is 6.04. The zero-order valence-electron chi connectivity index (χ0n) is 11.5.